The molecule has 1 aromatic rings. The van der Waals surface area contributed by atoms with Crippen molar-refractivity contribution in [2.75, 3.05) is 13.1 Å². The van der Waals surface area contributed by atoms with Crippen LogP contribution in [0.2, 0.25) is 0 Å². The lowest BCUT2D eigenvalue weighted by Gasteiger charge is -2.47. The van der Waals surface area contributed by atoms with Crippen LogP contribution < -0.4 is 4.87 Å². The molecule has 1 aromatic heterocycles. The van der Waals surface area contributed by atoms with E-state index < -0.39 is 5.60 Å². The number of likely N-dealkylation sites (tertiary alicyclic amines) is 1. The summed E-state index contributed by atoms with van der Waals surface area (Å²) in [5.74, 6) is 0.302. The first-order valence-electron chi connectivity index (χ1n) is 6.15. The maximum Gasteiger partial charge on any atom is 0.307 e. The third kappa shape index (κ3) is 1.89. The van der Waals surface area contributed by atoms with Gasteiger partial charge in [-0.3, -0.25) is 14.2 Å². The van der Waals surface area contributed by atoms with Gasteiger partial charge in [0.15, 0.2) is 0 Å². The molecule has 0 radical (unpaired) electrons. The maximum atomic E-state index is 12.0. The summed E-state index contributed by atoms with van der Waals surface area (Å²) in [7, 11) is 0. The molecule has 0 unspecified atom stereocenters. The summed E-state index contributed by atoms with van der Waals surface area (Å²) >= 11 is 1.11. The van der Waals surface area contributed by atoms with Gasteiger partial charge in [0, 0.05) is 11.1 Å². The summed E-state index contributed by atoms with van der Waals surface area (Å²) in [6.45, 7) is 2.76. The Bertz CT molecular complexity index is 538. The molecule has 1 saturated heterocycles. The van der Waals surface area contributed by atoms with Gasteiger partial charge in [-0.25, -0.2) is 0 Å². The molecule has 2 fully saturated rings. The van der Waals surface area contributed by atoms with Gasteiger partial charge in [0.05, 0.1) is 13.1 Å². The number of aryl methyl sites for hydroxylation is 1. The standard InChI is InChI=1S/C12H16N2O3S/c1-8-5-18-11(16)14(8)4-10(15)13-6-12(17,7-13)9-2-3-9/h5,9,17H,2-4,6-7H2,1H3. The SMILES string of the molecule is Cc1csc(=O)n1CC(=O)N1CC(O)(C2CC2)C1. The third-order valence-corrected chi connectivity index (χ3v) is 4.77. The zero-order valence-corrected chi connectivity index (χ0v) is 11.1. The van der Waals surface area contributed by atoms with E-state index in [2.05, 4.69) is 0 Å². The molecule has 2 aliphatic rings. The minimum atomic E-state index is -0.648. The highest BCUT2D eigenvalue weighted by atomic mass is 32.1. The topological polar surface area (TPSA) is 62.5 Å². The van der Waals surface area contributed by atoms with Gasteiger partial charge in [0.1, 0.15) is 12.1 Å². The Morgan fingerprint density at radius 3 is 2.72 bits per heavy atom. The normalized spacial score (nSPS) is 21.8. The molecule has 1 N–H and O–H groups in total. The van der Waals surface area contributed by atoms with Gasteiger partial charge in [-0.1, -0.05) is 11.3 Å². The van der Waals surface area contributed by atoms with Crippen LogP contribution in [0.1, 0.15) is 18.5 Å². The number of aromatic nitrogens is 1. The molecule has 2 heterocycles. The molecule has 0 spiro atoms. The fraction of sp³-hybridized carbons (Fsp3) is 0.667. The molecule has 1 amide bonds. The third-order valence-electron chi connectivity index (χ3n) is 3.89. The molecule has 0 atom stereocenters. The summed E-state index contributed by atoms with van der Waals surface area (Å²) in [6.07, 6.45) is 2.14. The lowest BCUT2D eigenvalue weighted by atomic mass is 9.89. The van der Waals surface area contributed by atoms with Crippen LogP contribution in [-0.4, -0.2) is 39.2 Å². The van der Waals surface area contributed by atoms with Crippen LogP contribution in [0.15, 0.2) is 10.2 Å². The fourth-order valence-electron chi connectivity index (χ4n) is 2.50. The number of thiazole rings is 1. The second-order valence-corrected chi connectivity index (χ2v) is 6.18. The summed E-state index contributed by atoms with van der Waals surface area (Å²) in [4.78, 5) is 25.0. The number of amides is 1. The van der Waals surface area contributed by atoms with Crippen molar-refractivity contribution in [2.45, 2.75) is 31.9 Å². The van der Waals surface area contributed by atoms with Gasteiger partial charge in [-0.15, -0.1) is 0 Å². The number of carbonyl (C=O) groups is 1. The number of nitrogens with zero attached hydrogens (tertiary/aromatic N) is 2. The first kappa shape index (κ1) is 11.9. The van der Waals surface area contributed by atoms with E-state index in [1.165, 1.54) is 4.57 Å². The molecule has 1 saturated carbocycles. The van der Waals surface area contributed by atoms with Crippen molar-refractivity contribution >= 4 is 17.2 Å². The van der Waals surface area contributed by atoms with E-state index in [-0.39, 0.29) is 17.3 Å². The minimum absolute atomic E-state index is 0.0797. The van der Waals surface area contributed by atoms with E-state index in [9.17, 15) is 14.7 Å². The van der Waals surface area contributed by atoms with Gasteiger partial charge < -0.3 is 10.0 Å². The lowest BCUT2D eigenvalue weighted by molar-refractivity contribution is -0.159. The summed E-state index contributed by atoms with van der Waals surface area (Å²) < 4.78 is 1.49. The number of hydrogen-bond donors (Lipinski definition) is 1. The fourth-order valence-corrected chi connectivity index (χ4v) is 3.24. The first-order chi connectivity index (χ1) is 8.49. The molecule has 98 valence electrons. The Balaban J connectivity index is 1.62. The quantitative estimate of drug-likeness (QED) is 0.852. The Kier molecular flexibility index (Phi) is 2.60. The highest BCUT2D eigenvalue weighted by Gasteiger charge is 2.53. The largest absolute Gasteiger partial charge is 0.386 e. The molecule has 0 aromatic carbocycles. The highest BCUT2D eigenvalue weighted by Crippen LogP contribution is 2.44. The number of aliphatic hydroxyl groups is 1. The average Bonchev–Trinajstić information content (AvgIpc) is 3.08. The Labute approximate surface area is 109 Å². The van der Waals surface area contributed by atoms with Crippen LogP contribution in [0, 0.1) is 12.8 Å². The van der Waals surface area contributed by atoms with Crippen molar-refractivity contribution in [1.82, 2.24) is 9.47 Å². The lowest BCUT2D eigenvalue weighted by Crippen LogP contribution is -2.65. The second-order valence-electron chi connectivity index (χ2n) is 5.36. The smallest absolute Gasteiger partial charge is 0.307 e. The van der Waals surface area contributed by atoms with Crippen LogP contribution in [0.25, 0.3) is 0 Å². The van der Waals surface area contributed by atoms with Crippen molar-refractivity contribution in [3.05, 3.63) is 20.7 Å². The van der Waals surface area contributed by atoms with E-state index in [1.807, 2.05) is 6.92 Å². The summed E-state index contributed by atoms with van der Waals surface area (Å²) in [5, 5.41) is 11.9. The van der Waals surface area contributed by atoms with Crippen molar-refractivity contribution in [3.8, 4) is 0 Å². The zero-order chi connectivity index (χ0) is 12.9. The van der Waals surface area contributed by atoms with Gasteiger partial charge >= 0.3 is 4.87 Å². The van der Waals surface area contributed by atoms with Crippen molar-refractivity contribution in [1.29, 1.82) is 0 Å². The van der Waals surface area contributed by atoms with Crippen LogP contribution in [0.3, 0.4) is 0 Å². The number of hydrogen-bond acceptors (Lipinski definition) is 4. The highest BCUT2D eigenvalue weighted by molar-refractivity contribution is 7.07. The molecule has 5 nitrogen and oxygen atoms in total. The number of carbonyl (C=O) groups excluding carboxylic acids is 1. The van der Waals surface area contributed by atoms with E-state index in [0.717, 1.165) is 29.9 Å². The number of rotatable bonds is 3. The van der Waals surface area contributed by atoms with Gasteiger partial charge in [-0.2, -0.15) is 0 Å². The van der Waals surface area contributed by atoms with Crippen LogP contribution in [0.5, 0.6) is 0 Å². The summed E-state index contributed by atoms with van der Waals surface area (Å²) in [6, 6.07) is 0. The molecule has 0 bridgehead atoms. The molecule has 1 aliphatic carbocycles. The van der Waals surface area contributed by atoms with Crippen molar-refractivity contribution in [2.24, 2.45) is 5.92 Å². The molecule has 6 heteroatoms. The minimum Gasteiger partial charge on any atom is -0.386 e. The van der Waals surface area contributed by atoms with Gasteiger partial charge in [-0.05, 0) is 25.7 Å². The van der Waals surface area contributed by atoms with E-state index >= 15 is 0 Å². The van der Waals surface area contributed by atoms with E-state index in [4.69, 9.17) is 0 Å². The Morgan fingerprint density at radius 1 is 1.56 bits per heavy atom. The molecular weight excluding hydrogens is 252 g/mol. The first-order valence-corrected chi connectivity index (χ1v) is 7.03. The van der Waals surface area contributed by atoms with Gasteiger partial charge in [0.25, 0.3) is 0 Å². The monoisotopic (exact) mass is 268 g/mol. The van der Waals surface area contributed by atoms with Crippen LogP contribution >= 0.6 is 11.3 Å². The van der Waals surface area contributed by atoms with Crippen molar-refractivity contribution in [3.63, 3.8) is 0 Å². The zero-order valence-electron chi connectivity index (χ0n) is 10.3. The van der Waals surface area contributed by atoms with Crippen LogP contribution in [0.4, 0.5) is 0 Å². The predicted molar refractivity (Wildman–Crippen MR) is 67.6 cm³/mol. The Morgan fingerprint density at radius 2 is 2.22 bits per heavy atom. The van der Waals surface area contributed by atoms with E-state index in [1.54, 1.807) is 10.3 Å². The molecule has 3 rings (SSSR count). The van der Waals surface area contributed by atoms with Crippen LogP contribution in [-0.2, 0) is 11.3 Å². The number of β-amino-alcohol motifs (C(OH)–C–C–N with tert-alkyl or cyclic N) is 1. The van der Waals surface area contributed by atoms with Crippen molar-refractivity contribution < 1.29 is 9.90 Å². The average molecular weight is 268 g/mol. The molecule has 1 aliphatic heterocycles. The maximum absolute atomic E-state index is 12.0. The second kappa shape index (κ2) is 3.93. The molecular formula is C12H16N2O3S. The van der Waals surface area contributed by atoms with Gasteiger partial charge in [0.2, 0.25) is 5.91 Å². The summed E-state index contributed by atoms with van der Waals surface area (Å²) in [5.41, 5.74) is 0.168. The molecule has 18 heavy (non-hydrogen) atoms. The van der Waals surface area contributed by atoms with E-state index in [0.29, 0.717) is 19.0 Å². The predicted octanol–water partition coefficient (Wildman–Crippen LogP) is 0.202. The Hall–Kier alpha value is -1.14.